The zero-order valence-corrected chi connectivity index (χ0v) is 16.5. The number of amides is 2. The number of H-pyrrole nitrogens is 1. The first kappa shape index (κ1) is 20.6. The van der Waals surface area contributed by atoms with Crippen LogP contribution in [-0.2, 0) is 0 Å². The second kappa shape index (κ2) is 9.36. The summed E-state index contributed by atoms with van der Waals surface area (Å²) in [6.45, 7) is 1.50. The molecule has 1 aromatic carbocycles. The Morgan fingerprint density at radius 1 is 1.21 bits per heavy atom. The summed E-state index contributed by atoms with van der Waals surface area (Å²) in [6.07, 6.45) is 2.81. The quantitative estimate of drug-likeness (QED) is 0.660. The molecule has 3 N–H and O–H groups in total. The molecular formula is C18H20Cl2FN5O2. The van der Waals surface area contributed by atoms with Crippen LogP contribution in [-0.4, -0.2) is 59.3 Å². The first-order valence-electron chi connectivity index (χ1n) is 8.87. The van der Waals surface area contributed by atoms with Gasteiger partial charge in [0, 0.05) is 25.7 Å². The molecule has 1 saturated heterocycles. The van der Waals surface area contributed by atoms with Crippen molar-refractivity contribution in [2.45, 2.75) is 18.9 Å². The molecule has 0 bridgehead atoms. The summed E-state index contributed by atoms with van der Waals surface area (Å²) in [6, 6.07) is 4.73. The lowest BCUT2D eigenvalue weighted by Gasteiger charge is -2.31. The number of piperidine rings is 1. The smallest absolute Gasteiger partial charge is 0.271 e. The molecule has 150 valence electrons. The maximum atomic E-state index is 12.6. The van der Waals surface area contributed by atoms with Crippen LogP contribution in [0.15, 0.2) is 24.4 Å². The molecule has 1 fully saturated rings. The van der Waals surface area contributed by atoms with Crippen molar-refractivity contribution in [1.82, 2.24) is 20.4 Å². The highest BCUT2D eigenvalue weighted by Crippen LogP contribution is 2.25. The van der Waals surface area contributed by atoms with Crippen LogP contribution in [0.25, 0.3) is 0 Å². The molecule has 2 heterocycles. The number of alkyl halides is 1. The van der Waals surface area contributed by atoms with E-state index in [1.165, 1.54) is 6.20 Å². The van der Waals surface area contributed by atoms with Crippen LogP contribution in [0.2, 0.25) is 10.0 Å². The Kier molecular flexibility index (Phi) is 6.88. The van der Waals surface area contributed by atoms with E-state index >= 15 is 0 Å². The van der Waals surface area contributed by atoms with Gasteiger partial charge < -0.3 is 15.5 Å². The van der Waals surface area contributed by atoms with Gasteiger partial charge in [-0.25, -0.2) is 4.39 Å². The van der Waals surface area contributed by atoms with Crippen molar-refractivity contribution < 1.29 is 14.0 Å². The van der Waals surface area contributed by atoms with Crippen molar-refractivity contribution in [2.75, 3.05) is 31.6 Å². The van der Waals surface area contributed by atoms with E-state index in [0.717, 1.165) is 25.9 Å². The predicted molar refractivity (Wildman–Crippen MR) is 106 cm³/mol. The summed E-state index contributed by atoms with van der Waals surface area (Å²) < 4.78 is 12.4. The van der Waals surface area contributed by atoms with Crippen LogP contribution in [0.1, 0.15) is 33.7 Å². The second-order valence-electron chi connectivity index (χ2n) is 6.49. The van der Waals surface area contributed by atoms with Crippen molar-refractivity contribution >= 4 is 40.7 Å². The topological polar surface area (TPSA) is 90.1 Å². The fourth-order valence-electron chi connectivity index (χ4n) is 3.13. The van der Waals surface area contributed by atoms with Gasteiger partial charge in [-0.15, -0.1) is 0 Å². The maximum absolute atomic E-state index is 12.6. The van der Waals surface area contributed by atoms with Gasteiger partial charge in [-0.05, 0) is 25.0 Å². The number of likely N-dealkylation sites (tertiary alicyclic amines) is 1. The minimum atomic E-state index is -0.536. The van der Waals surface area contributed by atoms with Crippen LogP contribution in [0, 0.1) is 0 Å². The SMILES string of the molecule is O=C(NC1CCN(CCF)CC1)c1[nH]ncc1NC(=O)c1c(Cl)cccc1Cl. The van der Waals surface area contributed by atoms with Crippen molar-refractivity contribution in [3.8, 4) is 0 Å². The van der Waals surface area contributed by atoms with Crippen LogP contribution < -0.4 is 10.6 Å². The molecule has 1 aliphatic heterocycles. The fraction of sp³-hybridized carbons (Fsp3) is 0.389. The standard InChI is InChI=1S/C18H20Cl2FN5O2/c19-12-2-1-3-13(20)15(12)17(27)24-14-10-22-25-16(14)18(28)23-11-4-7-26(8-5-11)9-6-21/h1-3,10-11H,4-9H2,(H,22,25)(H,23,28)(H,24,27). The highest BCUT2D eigenvalue weighted by molar-refractivity contribution is 6.40. The van der Waals surface area contributed by atoms with Crippen molar-refractivity contribution in [2.24, 2.45) is 0 Å². The lowest BCUT2D eigenvalue weighted by molar-refractivity contribution is 0.0904. The van der Waals surface area contributed by atoms with E-state index in [9.17, 15) is 14.0 Å². The largest absolute Gasteiger partial charge is 0.348 e. The number of benzene rings is 1. The van der Waals surface area contributed by atoms with Crippen molar-refractivity contribution in [1.29, 1.82) is 0 Å². The minimum Gasteiger partial charge on any atom is -0.348 e. The number of rotatable bonds is 6. The van der Waals surface area contributed by atoms with Gasteiger partial charge in [-0.1, -0.05) is 29.3 Å². The predicted octanol–water partition coefficient (Wildman–Crippen LogP) is 3.13. The third-order valence-corrected chi connectivity index (χ3v) is 5.26. The second-order valence-corrected chi connectivity index (χ2v) is 7.30. The van der Waals surface area contributed by atoms with Gasteiger partial charge in [0.05, 0.1) is 27.5 Å². The Hall–Kier alpha value is -2.16. The third kappa shape index (κ3) is 4.81. The van der Waals surface area contributed by atoms with Gasteiger partial charge >= 0.3 is 0 Å². The summed E-state index contributed by atoms with van der Waals surface area (Å²) in [7, 11) is 0. The van der Waals surface area contributed by atoms with Crippen molar-refractivity contribution in [3.63, 3.8) is 0 Å². The number of aromatic nitrogens is 2. The van der Waals surface area contributed by atoms with Gasteiger partial charge in [0.15, 0.2) is 0 Å². The van der Waals surface area contributed by atoms with E-state index in [1.54, 1.807) is 18.2 Å². The average molecular weight is 428 g/mol. The summed E-state index contributed by atoms with van der Waals surface area (Å²) >= 11 is 12.1. The maximum Gasteiger partial charge on any atom is 0.271 e. The van der Waals surface area contributed by atoms with E-state index in [4.69, 9.17) is 23.2 Å². The molecule has 7 nitrogen and oxygen atoms in total. The number of hydrogen-bond acceptors (Lipinski definition) is 4. The molecule has 0 aliphatic carbocycles. The molecule has 0 spiro atoms. The van der Waals surface area contributed by atoms with Crippen LogP contribution in [0.5, 0.6) is 0 Å². The first-order chi connectivity index (χ1) is 13.5. The van der Waals surface area contributed by atoms with E-state index in [1.807, 2.05) is 4.90 Å². The Bertz CT molecular complexity index is 832. The van der Waals surface area contributed by atoms with E-state index < -0.39 is 5.91 Å². The first-order valence-corrected chi connectivity index (χ1v) is 9.63. The van der Waals surface area contributed by atoms with E-state index in [2.05, 4.69) is 20.8 Å². The molecule has 2 amide bonds. The molecule has 0 atom stereocenters. The molecule has 3 rings (SSSR count). The molecule has 1 aromatic heterocycles. The zero-order chi connectivity index (χ0) is 20.1. The molecule has 0 saturated carbocycles. The molecule has 10 heteroatoms. The summed E-state index contributed by atoms with van der Waals surface area (Å²) in [5, 5.41) is 12.4. The van der Waals surface area contributed by atoms with Gasteiger partial charge in [-0.3, -0.25) is 14.7 Å². The van der Waals surface area contributed by atoms with E-state index in [0.29, 0.717) is 6.54 Å². The summed E-state index contributed by atoms with van der Waals surface area (Å²) in [5.41, 5.74) is 0.495. The van der Waals surface area contributed by atoms with Crippen LogP contribution in [0.3, 0.4) is 0 Å². The van der Waals surface area contributed by atoms with E-state index in [-0.39, 0.29) is 45.6 Å². The highest BCUT2D eigenvalue weighted by atomic mass is 35.5. The number of hydrogen-bond donors (Lipinski definition) is 3. The molecule has 0 unspecified atom stereocenters. The Morgan fingerprint density at radius 2 is 1.89 bits per heavy atom. The molecule has 0 radical (unpaired) electrons. The minimum absolute atomic E-state index is 0.0202. The molecular weight excluding hydrogens is 408 g/mol. The van der Waals surface area contributed by atoms with Crippen molar-refractivity contribution in [3.05, 3.63) is 45.7 Å². The Balaban J connectivity index is 1.63. The Morgan fingerprint density at radius 3 is 2.54 bits per heavy atom. The lowest BCUT2D eigenvalue weighted by Crippen LogP contribution is -2.45. The number of anilines is 1. The normalized spacial score (nSPS) is 15.4. The number of nitrogens with one attached hydrogen (secondary N) is 3. The van der Waals surface area contributed by atoms with Gasteiger partial charge in [0.1, 0.15) is 12.4 Å². The highest BCUT2D eigenvalue weighted by Gasteiger charge is 2.24. The van der Waals surface area contributed by atoms with Crippen LogP contribution >= 0.6 is 23.2 Å². The van der Waals surface area contributed by atoms with Crippen LogP contribution in [0.4, 0.5) is 10.1 Å². The van der Waals surface area contributed by atoms with Gasteiger partial charge in [0.25, 0.3) is 11.8 Å². The third-order valence-electron chi connectivity index (χ3n) is 4.63. The monoisotopic (exact) mass is 427 g/mol. The zero-order valence-electron chi connectivity index (χ0n) is 15.0. The average Bonchev–Trinajstić information content (AvgIpc) is 3.11. The van der Waals surface area contributed by atoms with Gasteiger partial charge in [-0.2, -0.15) is 5.10 Å². The van der Waals surface area contributed by atoms with Gasteiger partial charge in [0.2, 0.25) is 0 Å². The summed E-state index contributed by atoms with van der Waals surface area (Å²) in [5.74, 6) is -0.910. The number of aromatic amines is 1. The number of carbonyl (C=O) groups is 2. The number of nitrogens with zero attached hydrogens (tertiary/aromatic N) is 2. The number of carbonyl (C=O) groups excluding carboxylic acids is 2. The fourth-order valence-corrected chi connectivity index (χ4v) is 3.70. The molecule has 28 heavy (non-hydrogen) atoms. The molecule has 2 aromatic rings. The summed E-state index contributed by atoms with van der Waals surface area (Å²) in [4.78, 5) is 27.1. The Labute approximate surface area is 171 Å². The number of halogens is 3. The lowest BCUT2D eigenvalue weighted by atomic mass is 10.0. The molecule has 1 aliphatic rings.